The lowest BCUT2D eigenvalue weighted by Crippen LogP contribution is -2.16. The van der Waals surface area contributed by atoms with Crippen LogP contribution in [-0.4, -0.2) is 12.8 Å². The Labute approximate surface area is 122 Å². The van der Waals surface area contributed by atoms with Crippen LogP contribution in [0.15, 0.2) is 64.6 Å². The number of fused-ring (bicyclic) bond motifs is 3. The summed E-state index contributed by atoms with van der Waals surface area (Å²) < 4.78 is 0. The molecule has 20 heavy (non-hydrogen) atoms. The fraction of sp³-hybridized carbons (Fsp3) is 0.118. The third-order valence-corrected chi connectivity index (χ3v) is 4.47. The van der Waals surface area contributed by atoms with E-state index in [9.17, 15) is 4.79 Å². The van der Waals surface area contributed by atoms with Gasteiger partial charge >= 0.3 is 0 Å². The first-order valence-electron chi connectivity index (χ1n) is 6.64. The molecule has 0 unspecified atom stereocenters. The lowest BCUT2D eigenvalue weighted by atomic mass is 10.1. The summed E-state index contributed by atoms with van der Waals surface area (Å²) in [6, 6.07) is 12.8. The zero-order valence-corrected chi connectivity index (χ0v) is 12.1. The quantitative estimate of drug-likeness (QED) is 0.615. The number of carbonyl (C=O) groups excluding carboxylic acids is 1. The molecule has 0 saturated carbocycles. The highest BCUT2D eigenvalue weighted by molar-refractivity contribution is 8.03. The van der Waals surface area contributed by atoms with Gasteiger partial charge in [-0.3, -0.25) is 4.79 Å². The normalized spacial score (nSPS) is 16.2. The molecule has 1 aliphatic rings. The molecule has 0 fully saturated rings. The van der Waals surface area contributed by atoms with Gasteiger partial charge in [0.1, 0.15) is 6.29 Å². The fourth-order valence-corrected chi connectivity index (χ4v) is 3.65. The molecule has 0 radical (unpaired) electrons. The number of thioether (sulfide) groups is 1. The second-order valence-corrected chi connectivity index (χ2v) is 5.57. The predicted molar refractivity (Wildman–Crippen MR) is 86.1 cm³/mol. The molecule has 0 saturated heterocycles. The summed E-state index contributed by atoms with van der Waals surface area (Å²) in [6.45, 7) is 3.06. The zero-order chi connectivity index (χ0) is 13.9. The van der Waals surface area contributed by atoms with Crippen LogP contribution in [0.25, 0.3) is 10.8 Å². The topological polar surface area (TPSA) is 20.3 Å². The second kappa shape index (κ2) is 5.55. The SMILES string of the molecule is CCN1/C(=C\C=C\C=O)Sc2ccc3ccccc3c21. The molecule has 0 bridgehead atoms. The van der Waals surface area contributed by atoms with Crippen molar-refractivity contribution in [3.8, 4) is 0 Å². The van der Waals surface area contributed by atoms with E-state index in [1.54, 1.807) is 17.8 Å². The van der Waals surface area contributed by atoms with Crippen LogP contribution in [0.1, 0.15) is 6.92 Å². The second-order valence-electron chi connectivity index (χ2n) is 4.51. The average molecular weight is 281 g/mol. The Kier molecular flexibility index (Phi) is 3.61. The van der Waals surface area contributed by atoms with Crippen LogP contribution >= 0.6 is 11.8 Å². The maximum absolute atomic E-state index is 10.4. The number of allylic oxidation sites excluding steroid dienone is 3. The first-order valence-corrected chi connectivity index (χ1v) is 7.46. The van der Waals surface area contributed by atoms with E-state index in [1.807, 2.05) is 6.08 Å². The van der Waals surface area contributed by atoms with E-state index in [2.05, 4.69) is 48.2 Å². The van der Waals surface area contributed by atoms with Gasteiger partial charge in [-0.15, -0.1) is 0 Å². The van der Waals surface area contributed by atoms with Gasteiger partial charge in [0.15, 0.2) is 0 Å². The summed E-state index contributed by atoms with van der Waals surface area (Å²) in [5.74, 6) is 0. The summed E-state index contributed by atoms with van der Waals surface area (Å²) in [5.41, 5.74) is 1.28. The Morgan fingerprint density at radius 2 is 2.00 bits per heavy atom. The number of benzene rings is 2. The largest absolute Gasteiger partial charge is 0.335 e. The van der Waals surface area contributed by atoms with Crippen molar-refractivity contribution in [1.82, 2.24) is 0 Å². The van der Waals surface area contributed by atoms with Gasteiger partial charge in [0.05, 0.1) is 10.7 Å². The molecule has 0 aromatic heterocycles. The van der Waals surface area contributed by atoms with E-state index < -0.39 is 0 Å². The molecular formula is C17H15NOS. The van der Waals surface area contributed by atoms with Crippen LogP contribution in [0.5, 0.6) is 0 Å². The Hall–Kier alpha value is -2.00. The van der Waals surface area contributed by atoms with Crippen molar-refractivity contribution in [3.63, 3.8) is 0 Å². The molecule has 2 aromatic rings. The summed E-state index contributed by atoms with van der Waals surface area (Å²) in [5, 5.41) is 3.70. The van der Waals surface area contributed by atoms with E-state index in [-0.39, 0.29) is 0 Å². The minimum absolute atomic E-state index is 0.801. The van der Waals surface area contributed by atoms with Gasteiger partial charge in [-0.25, -0.2) is 0 Å². The molecule has 2 nitrogen and oxygen atoms in total. The Morgan fingerprint density at radius 3 is 2.80 bits per heavy atom. The van der Waals surface area contributed by atoms with Gasteiger partial charge in [-0.1, -0.05) is 48.2 Å². The number of hydrogen-bond donors (Lipinski definition) is 0. The van der Waals surface area contributed by atoms with Crippen molar-refractivity contribution >= 4 is 34.5 Å². The molecule has 0 aliphatic carbocycles. The highest BCUT2D eigenvalue weighted by Gasteiger charge is 2.25. The molecule has 2 aromatic carbocycles. The van der Waals surface area contributed by atoms with E-state index in [0.717, 1.165) is 17.9 Å². The summed E-state index contributed by atoms with van der Waals surface area (Å²) in [4.78, 5) is 14.0. The van der Waals surface area contributed by atoms with Gasteiger partial charge in [-0.05, 0) is 30.5 Å². The van der Waals surface area contributed by atoms with Gasteiger partial charge in [0, 0.05) is 16.8 Å². The molecule has 1 aliphatic heterocycles. The van der Waals surface area contributed by atoms with Crippen LogP contribution < -0.4 is 4.90 Å². The van der Waals surface area contributed by atoms with Gasteiger partial charge in [0.2, 0.25) is 0 Å². The van der Waals surface area contributed by atoms with E-state index in [1.165, 1.54) is 27.4 Å². The van der Waals surface area contributed by atoms with E-state index >= 15 is 0 Å². The monoisotopic (exact) mass is 281 g/mol. The fourth-order valence-electron chi connectivity index (χ4n) is 2.50. The van der Waals surface area contributed by atoms with Crippen LogP contribution in [0.2, 0.25) is 0 Å². The van der Waals surface area contributed by atoms with Crippen LogP contribution in [0, 0.1) is 0 Å². The molecule has 1 heterocycles. The van der Waals surface area contributed by atoms with Crippen molar-refractivity contribution in [3.05, 3.63) is 59.7 Å². The summed E-state index contributed by atoms with van der Waals surface area (Å²) >= 11 is 1.75. The zero-order valence-electron chi connectivity index (χ0n) is 11.2. The highest BCUT2D eigenvalue weighted by Crippen LogP contribution is 2.49. The van der Waals surface area contributed by atoms with E-state index in [4.69, 9.17) is 0 Å². The highest BCUT2D eigenvalue weighted by atomic mass is 32.2. The van der Waals surface area contributed by atoms with Crippen molar-refractivity contribution in [1.29, 1.82) is 0 Å². The van der Waals surface area contributed by atoms with Crippen molar-refractivity contribution in [2.24, 2.45) is 0 Å². The van der Waals surface area contributed by atoms with Gasteiger partial charge in [-0.2, -0.15) is 0 Å². The molecule has 0 spiro atoms. The molecule has 3 heteroatoms. The Morgan fingerprint density at radius 1 is 1.15 bits per heavy atom. The smallest absolute Gasteiger partial charge is 0.142 e. The molecule has 3 rings (SSSR count). The van der Waals surface area contributed by atoms with Crippen LogP contribution in [0.4, 0.5) is 5.69 Å². The van der Waals surface area contributed by atoms with Crippen molar-refractivity contribution in [2.45, 2.75) is 11.8 Å². The molecule has 0 N–H and O–H groups in total. The molecule has 0 atom stereocenters. The van der Waals surface area contributed by atoms with Crippen molar-refractivity contribution in [2.75, 3.05) is 11.4 Å². The minimum atomic E-state index is 0.801. The number of aldehydes is 1. The number of rotatable bonds is 3. The number of nitrogens with zero attached hydrogens (tertiary/aromatic N) is 1. The average Bonchev–Trinajstić information content (AvgIpc) is 2.85. The van der Waals surface area contributed by atoms with Crippen LogP contribution in [0.3, 0.4) is 0 Å². The maximum Gasteiger partial charge on any atom is 0.142 e. The third kappa shape index (κ3) is 2.14. The first-order chi connectivity index (χ1) is 9.85. The minimum Gasteiger partial charge on any atom is -0.335 e. The van der Waals surface area contributed by atoms with Crippen molar-refractivity contribution < 1.29 is 4.79 Å². The molecule has 100 valence electrons. The lowest BCUT2D eigenvalue weighted by molar-refractivity contribution is -0.104. The lowest BCUT2D eigenvalue weighted by Gasteiger charge is -2.19. The Bertz CT molecular complexity index is 718. The third-order valence-electron chi connectivity index (χ3n) is 3.36. The Balaban J connectivity index is 2.13. The molecular weight excluding hydrogens is 266 g/mol. The number of hydrogen-bond acceptors (Lipinski definition) is 3. The van der Waals surface area contributed by atoms with Gasteiger partial charge < -0.3 is 4.90 Å². The standard InChI is InChI=1S/C17H15NOS/c1-2-18-16(9-5-6-12-19)20-15-11-10-13-7-3-4-8-14(13)17(15)18/h3-12H,2H2,1H3/b6-5+,16-9+. The maximum atomic E-state index is 10.4. The van der Waals surface area contributed by atoms with Gasteiger partial charge in [0.25, 0.3) is 0 Å². The number of carbonyl (C=O) groups is 1. The molecule has 0 amide bonds. The number of anilines is 1. The summed E-state index contributed by atoms with van der Waals surface area (Å²) in [6.07, 6.45) is 6.11. The summed E-state index contributed by atoms with van der Waals surface area (Å²) in [7, 11) is 0. The predicted octanol–water partition coefficient (Wildman–Crippen LogP) is 4.37. The van der Waals surface area contributed by atoms with Crippen LogP contribution in [-0.2, 0) is 4.79 Å². The van der Waals surface area contributed by atoms with E-state index in [0.29, 0.717) is 0 Å². The first kappa shape index (κ1) is 13.0.